The molecule has 3 heterocycles. The Morgan fingerprint density at radius 2 is 2.21 bits per heavy atom. The zero-order valence-electron chi connectivity index (χ0n) is 13.3. The van der Waals surface area contributed by atoms with E-state index in [1.807, 2.05) is 11.1 Å². The maximum Gasteiger partial charge on any atom is 0.317 e. The van der Waals surface area contributed by atoms with Gasteiger partial charge in [-0.3, -0.25) is 5.10 Å². The Bertz CT molecular complexity index is 714. The lowest BCUT2D eigenvalue weighted by Gasteiger charge is -2.35. The zero-order valence-corrected chi connectivity index (χ0v) is 13.3. The first kappa shape index (κ1) is 15.8. The number of H-pyrrole nitrogens is 1. The number of nitrogens with one attached hydrogen (secondary N) is 2. The molecule has 24 heavy (non-hydrogen) atoms. The number of hydrogen-bond donors (Lipinski definition) is 2. The molecule has 124 valence electrons. The molecule has 2 amide bonds. The predicted molar refractivity (Wildman–Crippen MR) is 88.4 cm³/mol. The van der Waals surface area contributed by atoms with E-state index in [0.717, 1.165) is 12.0 Å². The molecule has 0 aromatic carbocycles. The SMILES string of the molecule is N#Cc1cccnc1N1CCN(C(=O)NCCc2cn[nH]c2)CC1. The van der Waals surface area contributed by atoms with E-state index in [1.165, 1.54) is 0 Å². The number of carbonyl (C=O) groups excluding carboxylic acids is 1. The molecule has 1 saturated heterocycles. The standard InChI is InChI=1S/C16H19N7O/c17-10-14-2-1-4-18-15(14)22-6-8-23(9-7-22)16(24)19-5-3-13-11-20-21-12-13/h1-2,4,11-12H,3,5-9H2,(H,19,24)(H,20,21). The molecule has 0 radical (unpaired) electrons. The van der Waals surface area contributed by atoms with Crippen LogP contribution in [0.5, 0.6) is 0 Å². The largest absolute Gasteiger partial charge is 0.352 e. The normalized spacial score (nSPS) is 14.3. The van der Waals surface area contributed by atoms with Gasteiger partial charge in [-0.1, -0.05) is 0 Å². The number of anilines is 1. The van der Waals surface area contributed by atoms with Gasteiger partial charge in [0.15, 0.2) is 0 Å². The van der Waals surface area contributed by atoms with Crippen molar-refractivity contribution in [1.82, 2.24) is 25.4 Å². The van der Waals surface area contributed by atoms with Crippen LogP contribution < -0.4 is 10.2 Å². The third-order valence-electron chi connectivity index (χ3n) is 4.02. The van der Waals surface area contributed by atoms with Crippen LogP contribution in [0.1, 0.15) is 11.1 Å². The maximum absolute atomic E-state index is 12.2. The Morgan fingerprint density at radius 1 is 1.38 bits per heavy atom. The molecule has 1 aliphatic rings. The van der Waals surface area contributed by atoms with Crippen LogP contribution in [-0.4, -0.2) is 58.8 Å². The summed E-state index contributed by atoms with van der Waals surface area (Å²) in [5, 5.41) is 18.7. The minimum atomic E-state index is -0.0559. The fraction of sp³-hybridized carbons (Fsp3) is 0.375. The summed E-state index contributed by atoms with van der Waals surface area (Å²) in [7, 11) is 0. The van der Waals surface area contributed by atoms with Gasteiger partial charge < -0.3 is 15.1 Å². The molecule has 0 aliphatic carbocycles. The van der Waals surface area contributed by atoms with Crippen molar-refractivity contribution in [3.05, 3.63) is 41.9 Å². The molecule has 0 bridgehead atoms. The van der Waals surface area contributed by atoms with Crippen LogP contribution in [-0.2, 0) is 6.42 Å². The summed E-state index contributed by atoms with van der Waals surface area (Å²) in [4.78, 5) is 20.3. The summed E-state index contributed by atoms with van der Waals surface area (Å²) in [6, 6.07) is 5.62. The van der Waals surface area contributed by atoms with E-state index >= 15 is 0 Å². The van der Waals surface area contributed by atoms with Crippen LogP contribution in [0.4, 0.5) is 10.6 Å². The molecule has 8 nitrogen and oxygen atoms in total. The Kier molecular flexibility index (Phi) is 4.91. The summed E-state index contributed by atoms with van der Waals surface area (Å²) in [6.45, 7) is 3.14. The van der Waals surface area contributed by atoms with Crippen molar-refractivity contribution in [2.75, 3.05) is 37.6 Å². The third-order valence-corrected chi connectivity index (χ3v) is 4.02. The average molecular weight is 325 g/mol. The number of carbonyl (C=O) groups is 1. The van der Waals surface area contributed by atoms with Crippen LogP contribution >= 0.6 is 0 Å². The monoisotopic (exact) mass is 325 g/mol. The molecule has 1 aliphatic heterocycles. The molecule has 2 aromatic rings. The highest BCUT2D eigenvalue weighted by molar-refractivity contribution is 5.74. The molecule has 0 saturated carbocycles. The van der Waals surface area contributed by atoms with Gasteiger partial charge in [-0.05, 0) is 24.1 Å². The number of urea groups is 1. The van der Waals surface area contributed by atoms with E-state index in [4.69, 9.17) is 5.26 Å². The highest BCUT2D eigenvalue weighted by Gasteiger charge is 2.23. The summed E-state index contributed by atoms with van der Waals surface area (Å²) < 4.78 is 0. The van der Waals surface area contributed by atoms with E-state index in [2.05, 4.69) is 26.6 Å². The number of pyridine rings is 1. The van der Waals surface area contributed by atoms with E-state index in [9.17, 15) is 4.79 Å². The van der Waals surface area contributed by atoms with Crippen LogP contribution in [0.25, 0.3) is 0 Å². The number of aromatic amines is 1. The number of hydrogen-bond acceptors (Lipinski definition) is 5. The van der Waals surface area contributed by atoms with Crippen molar-refractivity contribution in [3.8, 4) is 6.07 Å². The molecule has 2 N–H and O–H groups in total. The van der Waals surface area contributed by atoms with E-state index in [-0.39, 0.29) is 6.03 Å². The van der Waals surface area contributed by atoms with Gasteiger partial charge in [0.25, 0.3) is 0 Å². The van der Waals surface area contributed by atoms with Gasteiger partial charge in [-0.2, -0.15) is 10.4 Å². The van der Waals surface area contributed by atoms with Crippen molar-refractivity contribution in [3.63, 3.8) is 0 Å². The Hall–Kier alpha value is -3.08. The second kappa shape index (κ2) is 7.46. The van der Waals surface area contributed by atoms with Crippen LogP contribution in [0, 0.1) is 11.3 Å². The van der Waals surface area contributed by atoms with E-state index in [1.54, 1.807) is 29.4 Å². The Labute approximate surface area is 140 Å². The summed E-state index contributed by atoms with van der Waals surface area (Å²) in [6.07, 6.45) is 6.02. The molecular weight excluding hydrogens is 306 g/mol. The van der Waals surface area contributed by atoms with Gasteiger partial charge in [0.1, 0.15) is 11.9 Å². The van der Waals surface area contributed by atoms with Crippen molar-refractivity contribution >= 4 is 11.8 Å². The molecule has 0 unspecified atom stereocenters. The fourth-order valence-corrected chi connectivity index (χ4v) is 2.70. The highest BCUT2D eigenvalue weighted by Crippen LogP contribution is 2.17. The maximum atomic E-state index is 12.2. The van der Waals surface area contributed by atoms with Crippen LogP contribution in [0.3, 0.4) is 0 Å². The van der Waals surface area contributed by atoms with Gasteiger partial charge in [0.2, 0.25) is 0 Å². The predicted octanol–water partition coefficient (Wildman–Crippen LogP) is 0.751. The smallest absolute Gasteiger partial charge is 0.317 e. The minimum Gasteiger partial charge on any atom is -0.352 e. The van der Waals surface area contributed by atoms with Crippen molar-refractivity contribution in [1.29, 1.82) is 5.26 Å². The summed E-state index contributed by atoms with van der Waals surface area (Å²) >= 11 is 0. The van der Waals surface area contributed by atoms with Gasteiger partial charge >= 0.3 is 6.03 Å². The van der Waals surface area contributed by atoms with Gasteiger partial charge in [-0.15, -0.1) is 0 Å². The van der Waals surface area contributed by atoms with Crippen LogP contribution in [0.2, 0.25) is 0 Å². The number of aromatic nitrogens is 3. The first-order valence-corrected chi connectivity index (χ1v) is 7.88. The summed E-state index contributed by atoms with van der Waals surface area (Å²) in [5.74, 6) is 0.694. The quantitative estimate of drug-likeness (QED) is 0.864. The molecule has 3 rings (SSSR count). The molecule has 2 aromatic heterocycles. The second-order valence-electron chi connectivity index (χ2n) is 5.55. The molecule has 0 spiro atoms. The van der Waals surface area contributed by atoms with E-state index in [0.29, 0.717) is 44.1 Å². The topological polar surface area (TPSA) is 101 Å². The Balaban J connectivity index is 1.48. The molecule has 8 heteroatoms. The van der Waals surface area contributed by atoms with Crippen molar-refractivity contribution < 1.29 is 4.79 Å². The lowest BCUT2D eigenvalue weighted by Crippen LogP contribution is -2.52. The zero-order chi connectivity index (χ0) is 16.8. The number of nitriles is 1. The van der Waals surface area contributed by atoms with Gasteiger partial charge in [0.05, 0.1) is 11.8 Å². The first-order valence-electron chi connectivity index (χ1n) is 7.88. The lowest BCUT2D eigenvalue weighted by atomic mass is 10.2. The number of rotatable bonds is 4. The molecular formula is C16H19N7O. The number of piperazine rings is 1. The van der Waals surface area contributed by atoms with Gasteiger partial charge in [0, 0.05) is 45.1 Å². The number of amides is 2. The highest BCUT2D eigenvalue weighted by atomic mass is 16.2. The lowest BCUT2D eigenvalue weighted by molar-refractivity contribution is 0.194. The second-order valence-corrected chi connectivity index (χ2v) is 5.55. The van der Waals surface area contributed by atoms with E-state index < -0.39 is 0 Å². The first-order chi connectivity index (χ1) is 11.8. The summed E-state index contributed by atoms with van der Waals surface area (Å²) in [5.41, 5.74) is 1.63. The fourth-order valence-electron chi connectivity index (χ4n) is 2.70. The van der Waals surface area contributed by atoms with Crippen LogP contribution in [0.15, 0.2) is 30.7 Å². The average Bonchev–Trinajstić information content (AvgIpc) is 3.15. The number of nitrogens with zero attached hydrogens (tertiary/aromatic N) is 5. The molecule has 0 atom stereocenters. The van der Waals surface area contributed by atoms with Gasteiger partial charge in [-0.25, -0.2) is 9.78 Å². The van der Waals surface area contributed by atoms with Crippen molar-refractivity contribution in [2.45, 2.75) is 6.42 Å². The minimum absolute atomic E-state index is 0.0559. The van der Waals surface area contributed by atoms with Crippen molar-refractivity contribution in [2.24, 2.45) is 0 Å². The third kappa shape index (κ3) is 3.63. The Morgan fingerprint density at radius 3 is 2.92 bits per heavy atom. The molecule has 1 fully saturated rings.